The molecule has 10 nitrogen and oxygen atoms in total. The van der Waals surface area contributed by atoms with Gasteiger partial charge in [-0.15, -0.1) is 6.58 Å². The van der Waals surface area contributed by atoms with Crippen molar-refractivity contribution in [2.24, 2.45) is 5.73 Å². The second-order valence-corrected chi connectivity index (χ2v) is 11.6. The van der Waals surface area contributed by atoms with E-state index < -0.39 is 5.60 Å². The summed E-state index contributed by atoms with van der Waals surface area (Å²) in [6.07, 6.45) is 10.9. The maximum absolute atomic E-state index is 13.3. The fourth-order valence-electron chi connectivity index (χ4n) is 5.76. The van der Waals surface area contributed by atoms with E-state index in [1.54, 1.807) is 42.8 Å². The molecule has 41 heavy (non-hydrogen) atoms. The zero-order valence-electron chi connectivity index (χ0n) is 23.5. The number of nitrogens with two attached hydrogens (primary N) is 1. The quantitative estimate of drug-likeness (QED) is 0.225. The van der Waals surface area contributed by atoms with Gasteiger partial charge in [0.1, 0.15) is 11.0 Å². The number of hydrogen-bond donors (Lipinski definition) is 3. The molecule has 1 aliphatic rings. The molecule has 0 unspecified atom stereocenters. The first-order valence-electron chi connectivity index (χ1n) is 14.1. The number of pyridine rings is 1. The predicted molar refractivity (Wildman–Crippen MR) is 162 cm³/mol. The van der Waals surface area contributed by atoms with Crippen LogP contribution in [0, 0.1) is 0 Å². The zero-order chi connectivity index (χ0) is 28.8. The molecule has 0 spiro atoms. The van der Waals surface area contributed by atoms with E-state index in [0.717, 1.165) is 42.4 Å². The van der Waals surface area contributed by atoms with Crippen molar-refractivity contribution in [3.05, 3.63) is 83.6 Å². The van der Waals surface area contributed by atoms with Gasteiger partial charge in [0.2, 0.25) is 5.95 Å². The monoisotopic (exact) mass is 552 g/mol. The van der Waals surface area contributed by atoms with Gasteiger partial charge in [0, 0.05) is 41.1 Å². The second kappa shape index (κ2) is 10.3. The van der Waals surface area contributed by atoms with Crippen molar-refractivity contribution >= 4 is 33.6 Å². The van der Waals surface area contributed by atoms with Crippen LogP contribution in [0.2, 0.25) is 0 Å². The molecule has 0 atom stereocenters. The Morgan fingerprint density at radius 1 is 1.17 bits per heavy atom. The summed E-state index contributed by atoms with van der Waals surface area (Å²) in [5.74, 6) is 0.814. The SMILES string of the molecule is C=CCn1c(=O)c2cnc(Nc3ccc4c(ccn4CCC4(N)CCCC4)c3)nc2n1-c1cccc(C(C)(C)O)n1. The molecule has 4 aromatic heterocycles. The Morgan fingerprint density at radius 3 is 2.73 bits per heavy atom. The molecule has 1 aromatic carbocycles. The molecule has 0 radical (unpaired) electrons. The molecule has 4 heterocycles. The molecular formula is C31H36N8O2. The first kappa shape index (κ1) is 26.9. The number of aromatic nitrogens is 6. The van der Waals surface area contributed by atoms with Gasteiger partial charge in [0.15, 0.2) is 11.5 Å². The third-order valence-electron chi connectivity index (χ3n) is 8.03. The van der Waals surface area contributed by atoms with Crippen molar-refractivity contribution in [3.8, 4) is 5.82 Å². The number of nitrogens with zero attached hydrogens (tertiary/aromatic N) is 6. The Labute approximate surface area is 238 Å². The number of fused-ring (bicyclic) bond motifs is 2. The molecular weight excluding hydrogens is 516 g/mol. The first-order chi connectivity index (χ1) is 19.6. The van der Waals surface area contributed by atoms with Gasteiger partial charge in [0.25, 0.3) is 5.56 Å². The van der Waals surface area contributed by atoms with Gasteiger partial charge in [-0.1, -0.05) is 25.0 Å². The largest absolute Gasteiger partial charge is 0.384 e. The van der Waals surface area contributed by atoms with Gasteiger partial charge in [0.05, 0.1) is 12.2 Å². The minimum atomic E-state index is -1.15. The summed E-state index contributed by atoms with van der Waals surface area (Å²) in [6.45, 7) is 8.30. The van der Waals surface area contributed by atoms with Crippen molar-refractivity contribution in [3.63, 3.8) is 0 Å². The molecule has 0 amide bonds. The Kier molecular flexibility index (Phi) is 6.75. The van der Waals surface area contributed by atoms with Crippen LogP contribution in [0.15, 0.2) is 72.3 Å². The van der Waals surface area contributed by atoms with Crippen LogP contribution < -0.4 is 16.6 Å². The number of allylic oxidation sites excluding steroid dienone is 1. The molecule has 1 saturated carbocycles. The fraction of sp³-hybridized carbons (Fsp3) is 0.355. The van der Waals surface area contributed by atoms with E-state index >= 15 is 0 Å². The molecule has 1 aliphatic carbocycles. The van der Waals surface area contributed by atoms with E-state index in [1.165, 1.54) is 23.7 Å². The maximum Gasteiger partial charge on any atom is 0.278 e. The van der Waals surface area contributed by atoms with Crippen LogP contribution in [0.5, 0.6) is 0 Å². The fourth-order valence-corrected chi connectivity index (χ4v) is 5.76. The van der Waals surface area contributed by atoms with E-state index in [2.05, 4.69) is 50.8 Å². The van der Waals surface area contributed by atoms with E-state index in [0.29, 0.717) is 28.5 Å². The summed E-state index contributed by atoms with van der Waals surface area (Å²) in [7, 11) is 0. The maximum atomic E-state index is 13.3. The van der Waals surface area contributed by atoms with E-state index in [-0.39, 0.29) is 17.6 Å². The van der Waals surface area contributed by atoms with Gasteiger partial charge in [-0.2, -0.15) is 4.98 Å². The lowest BCUT2D eigenvalue weighted by Gasteiger charge is -2.23. The Morgan fingerprint density at radius 2 is 1.98 bits per heavy atom. The average molecular weight is 553 g/mol. The summed E-state index contributed by atoms with van der Waals surface area (Å²) < 4.78 is 5.43. The lowest BCUT2D eigenvalue weighted by molar-refractivity contribution is 0.0738. The van der Waals surface area contributed by atoms with Crippen molar-refractivity contribution in [1.29, 1.82) is 0 Å². The first-order valence-corrected chi connectivity index (χ1v) is 14.1. The van der Waals surface area contributed by atoms with Crippen LogP contribution in [-0.2, 0) is 18.7 Å². The lowest BCUT2D eigenvalue weighted by Crippen LogP contribution is -2.37. The molecule has 0 bridgehead atoms. The highest BCUT2D eigenvalue weighted by Crippen LogP contribution is 2.31. The van der Waals surface area contributed by atoms with Crippen LogP contribution in [0.3, 0.4) is 0 Å². The Bertz CT molecular complexity index is 1800. The summed E-state index contributed by atoms with van der Waals surface area (Å²) in [4.78, 5) is 27.1. The predicted octanol–water partition coefficient (Wildman–Crippen LogP) is 4.75. The number of hydrogen-bond acceptors (Lipinski definition) is 7. The van der Waals surface area contributed by atoms with Gasteiger partial charge in [-0.05, 0) is 69.5 Å². The zero-order valence-corrected chi connectivity index (χ0v) is 23.5. The van der Waals surface area contributed by atoms with Gasteiger partial charge >= 0.3 is 0 Å². The van der Waals surface area contributed by atoms with Crippen LogP contribution in [-0.4, -0.2) is 39.5 Å². The summed E-state index contributed by atoms with van der Waals surface area (Å²) in [5.41, 5.74) is 8.03. The van der Waals surface area contributed by atoms with Crippen molar-refractivity contribution in [2.45, 2.75) is 70.2 Å². The number of benzene rings is 1. The molecule has 4 N–H and O–H groups in total. The molecule has 6 rings (SSSR count). The molecule has 0 saturated heterocycles. The molecule has 5 aromatic rings. The minimum Gasteiger partial charge on any atom is -0.384 e. The van der Waals surface area contributed by atoms with E-state index in [9.17, 15) is 9.90 Å². The van der Waals surface area contributed by atoms with Gasteiger partial charge < -0.3 is 20.7 Å². The lowest BCUT2D eigenvalue weighted by atomic mass is 9.95. The number of aryl methyl sites for hydroxylation is 1. The molecule has 212 valence electrons. The van der Waals surface area contributed by atoms with E-state index in [1.807, 2.05) is 6.07 Å². The molecule has 10 heteroatoms. The smallest absolute Gasteiger partial charge is 0.278 e. The number of aliphatic hydroxyl groups is 1. The van der Waals surface area contributed by atoms with Crippen LogP contribution in [0.1, 0.15) is 51.6 Å². The standard InChI is InChI=1S/C31H36N8O2/c1-4-16-38-28(40)23-20-33-29(36-27(23)39(38)26-9-7-8-25(35-26)30(2,3)41)34-22-10-11-24-21(19-22)12-17-37(24)18-15-31(32)13-5-6-14-31/h4,7-12,17,19-20,41H,1,5-6,13-16,18,32H2,2-3H3,(H,33,34,36). The van der Waals surface area contributed by atoms with Crippen molar-refractivity contribution in [1.82, 2.24) is 28.9 Å². The highest BCUT2D eigenvalue weighted by atomic mass is 16.3. The molecule has 1 fully saturated rings. The molecule has 0 aliphatic heterocycles. The number of rotatable bonds is 9. The average Bonchev–Trinajstić information content (AvgIpc) is 3.63. The number of anilines is 2. The summed E-state index contributed by atoms with van der Waals surface area (Å²) in [6, 6.07) is 13.6. The van der Waals surface area contributed by atoms with E-state index in [4.69, 9.17) is 10.7 Å². The Hall–Kier alpha value is -4.28. The third-order valence-corrected chi connectivity index (χ3v) is 8.03. The van der Waals surface area contributed by atoms with Crippen LogP contribution in [0.4, 0.5) is 11.6 Å². The summed E-state index contributed by atoms with van der Waals surface area (Å²) >= 11 is 0. The number of nitrogens with one attached hydrogen (secondary N) is 1. The highest BCUT2D eigenvalue weighted by molar-refractivity contribution is 5.85. The third kappa shape index (κ3) is 5.16. The summed E-state index contributed by atoms with van der Waals surface area (Å²) in [5, 5.41) is 15.3. The van der Waals surface area contributed by atoms with Crippen LogP contribution >= 0.6 is 0 Å². The minimum absolute atomic E-state index is 0.0371. The normalized spacial score (nSPS) is 15.1. The Balaban J connectivity index is 1.33. The second-order valence-electron chi connectivity index (χ2n) is 11.6. The van der Waals surface area contributed by atoms with Crippen LogP contribution in [0.25, 0.3) is 27.8 Å². The van der Waals surface area contributed by atoms with Crippen molar-refractivity contribution < 1.29 is 5.11 Å². The van der Waals surface area contributed by atoms with Gasteiger partial charge in [-0.25, -0.2) is 19.3 Å². The van der Waals surface area contributed by atoms with Gasteiger partial charge in [-0.3, -0.25) is 4.79 Å². The highest BCUT2D eigenvalue weighted by Gasteiger charge is 2.29. The van der Waals surface area contributed by atoms with Crippen molar-refractivity contribution in [2.75, 3.05) is 5.32 Å². The topological polar surface area (TPSA) is 129 Å².